The van der Waals surface area contributed by atoms with Crippen molar-refractivity contribution in [2.24, 2.45) is 0 Å². The number of anilines is 1. The summed E-state index contributed by atoms with van der Waals surface area (Å²) < 4.78 is 56.2. The maximum absolute atomic E-state index is 13.5. The first-order valence-electron chi connectivity index (χ1n) is 10.9. The molecule has 2 heterocycles. The Kier molecular flexibility index (Phi) is 6.94. The van der Waals surface area contributed by atoms with Gasteiger partial charge in [-0.25, -0.2) is 9.78 Å². The van der Waals surface area contributed by atoms with Crippen molar-refractivity contribution in [1.29, 1.82) is 0 Å². The van der Waals surface area contributed by atoms with E-state index in [1.54, 1.807) is 42.2 Å². The molecule has 1 atom stereocenters. The van der Waals surface area contributed by atoms with Crippen molar-refractivity contribution in [1.82, 2.24) is 9.88 Å². The number of nitrogens with one attached hydrogen (secondary N) is 1. The van der Waals surface area contributed by atoms with Gasteiger partial charge in [0.15, 0.2) is 5.69 Å². The number of hydrogen-bond donors (Lipinski definition) is 1. The largest absolute Gasteiger partial charge is 0.489 e. The number of likely N-dealkylation sites (tertiary alicyclic amines) is 1. The zero-order chi connectivity index (χ0) is 25.0. The van der Waals surface area contributed by atoms with Crippen LogP contribution in [0.4, 0.5) is 23.7 Å². The highest BCUT2D eigenvalue weighted by atomic mass is 19.4. The molecular weight excluding hydrogens is 467 g/mol. The minimum absolute atomic E-state index is 0.222. The van der Waals surface area contributed by atoms with E-state index in [0.29, 0.717) is 37.4 Å². The van der Waals surface area contributed by atoms with E-state index < -0.39 is 29.6 Å². The SMILES string of the molecule is CCOC(=O)N1CC[C@H](Oc2ccc(NC(=O)c3nc(-c4ccccc4)oc3C(F)(F)F)cc2)C1. The number of amides is 2. The lowest BCUT2D eigenvalue weighted by Crippen LogP contribution is -2.31. The standard InChI is InChI=1S/C24H22F3N3O5/c1-2-33-23(32)30-13-12-18(14-30)34-17-10-8-16(9-11-17)28-21(31)19-20(24(25,26)27)35-22(29-19)15-6-4-3-5-7-15/h3-11,18H,2,12-14H2,1H3,(H,28,31)/t18-/m0/s1. The van der Waals surface area contributed by atoms with Crippen molar-refractivity contribution in [3.8, 4) is 17.2 Å². The van der Waals surface area contributed by atoms with Crippen LogP contribution in [0.1, 0.15) is 29.6 Å². The second-order valence-corrected chi connectivity index (χ2v) is 7.71. The molecular formula is C24H22F3N3O5. The number of ether oxygens (including phenoxy) is 2. The van der Waals surface area contributed by atoms with E-state index in [1.165, 1.54) is 24.3 Å². The van der Waals surface area contributed by atoms with Crippen molar-refractivity contribution in [2.75, 3.05) is 25.0 Å². The van der Waals surface area contributed by atoms with Crippen molar-refractivity contribution in [3.05, 3.63) is 66.1 Å². The summed E-state index contributed by atoms with van der Waals surface area (Å²) in [6, 6.07) is 14.1. The molecule has 1 saturated heterocycles. The topological polar surface area (TPSA) is 93.9 Å². The fraction of sp³-hybridized carbons (Fsp3) is 0.292. The minimum Gasteiger partial charge on any atom is -0.489 e. The average Bonchev–Trinajstić information content (AvgIpc) is 3.49. The first kappa shape index (κ1) is 24.1. The maximum Gasteiger partial charge on any atom is 0.452 e. The van der Waals surface area contributed by atoms with E-state index >= 15 is 0 Å². The van der Waals surface area contributed by atoms with Crippen LogP contribution in [-0.2, 0) is 10.9 Å². The van der Waals surface area contributed by atoms with Crippen molar-refractivity contribution >= 4 is 17.7 Å². The fourth-order valence-corrected chi connectivity index (χ4v) is 3.57. The highest BCUT2D eigenvalue weighted by molar-refractivity contribution is 6.04. The van der Waals surface area contributed by atoms with Crippen LogP contribution >= 0.6 is 0 Å². The average molecular weight is 489 g/mol. The third-order valence-corrected chi connectivity index (χ3v) is 5.21. The molecule has 11 heteroatoms. The molecule has 0 saturated carbocycles. The van der Waals surface area contributed by atoms with E-state index in [1.807, 2.05) is 0 Å². The number of oxazole rings is 1. The highest BCUT2D eigenvalue weighted by Crippen LogP contribution is 2.35. The Hall–Kier alpha value is -4.02. The van der Waals surface area contributed by atoms with Gasteiger partial charge in [0.25, 0.3) is 5.91 Å². The molecule has 1 aliphatic rings. The van der Waals surface area contributed by atoms with Crippen LogP contribution in [0.25, 0.3) is 11.5 Å². The van der Waals surface area contributed by atoms with E-state index in [9.17, 15) is 22.8 Å². The summed E-state index contributed by atoms with van der Waals surface area (Å²) in [7, 11) is 0. The van der Waals surface area contributed by atoms with Gasteiger partial charge >= 0.3 is 12.3 Å². The molecule has 1 N–H and O–H groups in total. The summed E-state index contributed by atoms with van der Waals surface area (Å²) in [6.45, 7) is 2.92. The van der Waals surface area contributed by atoms with Crippen molar-refractivity contribution in [3.63, 3.8) is 0 Å². The van der Waals surface area contributed by atoms with E-state index in [0.717, 1.165) is 0 Å². The molecule has 2 amide bonds. The zero-order valence-electron chi connectivity index (χ0n) is 18.7. The van der Waals surface area contributed by atoms with Crippen LogP contribution in [0.15, 0.2) is 59.0 Å². The molecule has 3 aromatic rings. The Balaban J connectivity index is 1.42. The maximum atomic E-state index is 13.5. The molecule has 0 radical (unpaired) electrons. The summed E-state index contributed by atoms with van der Waals surface area (Å²) in [4.78, 5) is 29.8. The van der Waals surface area contributed by atoms with E-state index in [2.05, 4.69) is 10.3 Å². The smallest absolute Gasteiger partial charge is 0.452 e. The van der Waals surface area contributed by atoms with Crippen LogP contribution in [-0.4, -0.2) is 47.7 Å². The molecule has 1 aliphatic heterocycles. The van der Waals surface area contributed by atoms with Gasteiger partial charge in [0.1, 0.15) is 11.9 Å². The normalized spacial score (nSPS) is 15.7. The summed E-state index contributed by atoms with van der Waals surface area (Å²) in [5.74, 6) is -2.35. The molecule has 35 heavy (non-hydrogen) atoms. The van der Waals surface area contributed by atoms with Gasteiger partial charge in [0.2, 0.25) is 11.7 Å². The van der Waals surface area contributed by atoms with Gasteiger partial charge in [-0.1, -0.05) is 18.2 Å². The molecule has 4 rings (SSSR count). The van der Waals surface area contributed by atoms with Gasteiger partial charge in [-0.15, -0.1) is 0 Å². The fourth-order valence-electron chi connectivity index (χ4n) is 3.57. The van der Waals surface area contributed by atoms with Gasteiger partial charge in [-0.3, -0.25) is 4.79 Å². The van der Waals surface area contributed by atoms with E-state index in [-0.39, 0.29) is 17.7 Å². The van der Waals surface area contributed by atoms with Gasteiger partial charge < -0.3 is 24.1 Å². The second-order valence-electron chi connectivity index (χ2n) is 7.71. The molecule has 0 unspecified atom stereocenters. The number of carbonyl (C=O) groups excluding carboxylic acids is 2. The Labute approximate surface area is 198 Å². The Bertz CT molecular complexity index is 1180. The number of rotatable bonds is 6. The lowest BCUT2D eigenvalue weighted by atomic mass is 10.2. The third kappa shape index (κ3) is 5.73. The van der Waals surface area contributed by atoms with Gasteiger partial charge in [-0.2, -0.15) is 13.2 Å². The van der Waals surface area contributed by atoms with Crippen LogP contribution in [0.3, 0.4) is 0 Å². The zero-order valence-corrected chi connectivity index (χ0v) is 18.7. The van der Waals surface area contributed by atoms with Crippen LogP contribution in [0.5, 0.6) is 5.75 Å². The Morgan fingerprint density at radius 1 is 1.14 bits per heavy atom. The summed E-state index contributed by atoms with van der Waals surface area (Å²) in [5, 5.41) is 2.41. The number of hydrogen-bond acceptors (Lipinski definition) is 6. The minimum atomic E-state index is -4.90. The predicted octanol–water partition coefficient (Wildman–Crippen LogP) is 5.22. The monoisotopic (exact) mass is 489 g/mol. The number of aromatic nitrogens is 1. The van der Waals surface area contributed by atoms with E-state index in [4.69, 9.17) is 13.9 Å². The first-order valence-corrected chi connectivity index (χ1v) is 10.9. The van der Waals surface area contributed by atoms with Crippen molar-refractivity contribution in [2.45, 2.75) is 25.6 Å². The number of halogens is 3. The number of benzene rings is 2. The van der Waals surface area contributed by atoms with Gasteiger partial charge in [0, 0.05) is 24.2 Å². The van der Waals surface area contributed by atoms with Crippen LogP contribution < -0.4 is 10.1 Å². The molecule has 0 spiro atoms. The van der Waals surface area contributed by atoms with Gasteiger partial charge in [0.05, 0.1) is 13.2 Å². The Morgan fingerprint density at radius 3 is 2.51 bits per heavy atom. The number of carbonyl (C=O) groups is 2. The molecule has 0 bridgehead atoms. The molecule has 0 aliphatic carbocycles. The second kappa shape index (κ2) is 10.1. The first-order chi connectivity index (χ1) is 16.7. The molecule has 1 fully saturated rings. The van der Waals surface area contributed by atoms with Crippen LogP contribution in [0, 0.1) is 0 Å². The molecule has 184 valence electrons. The number of nitrogens with zero attached hydrogens (tertiary/aromatic N) is 2. The lowest BCUT2D eigenvalue weighted by molar-refractivity contribution is -0.153. The quantitative estimate of drug-likeness (QED) is 0.510. The predicted molar refractivity (Wildman–Crippen MR) is 119 cm³/mol. The highest BCUT2D eigenvalue weighted by Gasteiger charge is 2.42. The van der Waals surface area contributed by atoms with Crippen LogP contribution in [0.2, 0.25) is 0 Å². The summed E-state index contributed by atoms with van der Waals surface area (Å²) >= 11 is 0. The third-order valence-electron chi connectivity index (χ3n) is 5.21. The summed E-state index contributed by atoms with van der Waals surface area (Å²) in [5.41, 5.74) is -0.298. The summed E-state index contributed by atoms with van der Waals surface area (Å²) in [6.07, 6.45) is -4.88. The van der Waals surface area contributed by atoms with Gasteiger partial charge in [-0.05, 0) is 43.3 Å². The molecule has 2 aromatic carbocycles. The van der Waals surface area contributed by atoms with Crippen molar-refractivity contribution < 1.29 is 36.7 Å². The number of alkyl halides is 3. The molecule has 1 aromatic heterocycles. The lowest BCUT2D eigenvalue weighted by Gasteiger charge is -2.16. The molecule has 8 nitrogen and oxygen atoms in total. The Morgan fingerprint density at radius 2 is 1.86 bits per heavy atom.